The van der Waals surface area contributed by atoms with Gasteiger partial charge in [-0.15, -0.1) is 0 Å². The number of ether oxygens (including phenoxy) is 3. The minimum absolute atomic E-state index is 0.298. The zero-order valence-electron chi connectivity index (χ0n) is 13.9. The molecule has 5 nitrogen and oxygen atoms in total. The van der Waals surface area contributed by atoms with Crippen molar-refractivity contribution in [2.45, 2.75) is 44.3 Å². The molecule has 0 radical (unpaired) electrons. The highest BCUT2D eigenvalue weighted by atomic mass is 19.3. The van der Waals surface area contributed by atoms with Crippen LogP contribution in [-0.4, -0.2) is 26.3 Å². The molecule has 0 amide bonds. The Morgan fingerprint density at radius 2 is 1.73 bits per heavy atom. The smallest absolute Gasteiger partial charge is 0.387 e. The fourth-order valence-electron chi connectivity index (χ4n) is 3.17. The molecule has 0 atom stereocenters. The van der Waals surface area contributed by atoms with E-state index in [1.165, 1.54) is 13.2 Å². The maximum absolute atomic E-state index is 12.6. The Bertz CT molecular complexity index is 682. The molecule has 1 fully saturated rings. The quantitative estimate of drug-likeness (QED) is 0.555. The van der Waals surface area contributed by atoms with E-state index in [1.54, 1.807) is 0 Å². The van der Waals surface area contributed by atoms with E-state index in [4.69, 9.17) is 4.74 Å². The van der Waals surface area contributed by atoms with Gasteiger partial charge in [0.15, 0.2) is 11.5 Å². The monoisotopic (exact) mass is 375 g/mol. The number of methoxy groups -OCH3 is 1. The van der Waals surface area contributed by atoms with Crippen molar-refractivity contribution in [1.82, 2.24) is 0 Å². The summed E-state index contributed by atoms with van der Waals surface area (Å²) < 4.78 is 63.2. The highest BCUT2D eigenvalue weighted by Gasteiger charge is 2.40. The van der Waals surface area contributed by atoms with Gasteiger partial charge in [0.05, 0.1) is 24.5 Å². The fourth-order valence-corrected chi connectivity index (χ4v) is 3.17. The molecule has 0 aliphatic heterocycles. The minimum atomic E-state index is -3.24. The second-order valence-corrected chi connectivity index (χ2v) is 5.91. The third-order valence-corrected chi connectivity index (χ3v) is 4.52. The molecular weight excluding hydrogens is 358 g/mol. The van der Waals surface area contributed by atoms with E-state index in [-0.39, 0.29) is 11.9 Å². The van der Waals surface area contributed by atoms with Crippen molar-refractivity contribution in [2.75, 3.05) is 7.11 Å². The lowest BCUT2D eigenvalue weighted by Gasteiger charge is -2.34. The van der Waals surface area contributed by atoms with Crippen LogP contribution in [0, 0.1) is 17.2 Å². The summed E-state index contributed by atoms with van der Waals surface area (Å²) in [5.41, 5.74) is -0.686. The summed E-state index contributed by atoms with van der Waals surface area (Å²) in [7, 11) is 1.28. The van der Waals surface area contributed by atoms with Crippen LogP contribution in [0.25, 0.3) is 0 Å². The highest BCUT2D eigenvalue weighted by molar-refractivity contribution is 5.72. The van der Waals surface area contributed by atoms with E-state index in [9.17, 15) is 27.6 Å². The number of benzene rings is 1. The molecule has 0 unspecified atom stereocenters. The highest BCUT2D eigenvalue weighted by Crippen LogP contribution is 2.44. The number of halogens is 4. The van der Waals surface area contributed by atoms with Crippen LogP contribution >= 0.6 is 0 Å². The first-order chi connectivity index (χ1) is 12.3. The number of carbonyl (C=O) groups excluding carboxylic acids is 1. The molecule has 0 heterocycles. The molecule has 0 spiro atoms. The van der Waals surface area contributed by atoms with Crippen molar-refractivity contribution in [3.63, 3.8) is 0 Å². The first-order valence-electron chi connectivity index (χ1n) is 7.84. The Labute approximate surface area is 147 Å². The van der Waals surface area contributed by atoms with Gasteiger partial charge in [0.2, 0.25) is 0 Å². The van der Waals surface area contributed by atoms with Gasteiger partial charge in [0.25, 0.3) is 0 Å². The molecule has 0 N–H and O–H groups in total. The second-order valence-electron chi connectivity index (χ2n) is 5.91. The molecular formula is C17H17F4NO4. The lowest BCUT2D eigenvalue weighted by atomic mass is 9.67. The molecule has 0 bridgehead atoms. The molecule has 0 aromatic heterocycles. The van der Waals surface area contributed by atoms with Crippen LogP contribution in [0.5, 0.6) is 11.5 Å². The van der Waals surface area contributed by atoms with Crippen LogP contribution in [-0.2, 0) is 14.9 Å². The Morgan fingerprint density at radius 3 is 2.23 bits per heavy atom. The minimum Gasteiger partial charge on any atom is -0.469 e. The topological polar surface area (TPSA) is 68.6 Å². The first-order valence-corrected chi connectivity index (χ1v) is 7.84. The summed E-state index contributed by atoms with van der Waals surface area (Å²) in [6.45, 7) is -6.44. The van der Waals surface area contributed by atoms with E-state index >= 15 is 0 Å². The molecule has 1 aliphatic rings. The van der Waals surface area contributed by atoms with Crippen molar-refractivity contribution in [2.24, 2.45) is 5.92 Å². The average Bonchev–Trinajstić information content (AvgIpc) is 2.61. The number of nitriles is 1. The van der Waals surface area contributed by atoms with Gasteiger partial charge in [-0.1, -0.05) is 6.07 Å². The van der Waals surface area contributed by atoms with Gasteiger partial charge >= 0.3 is 19.2 Å². The van der Waals surface area contributed by atoms with Gasteiger partial charge in [-0.3, -0.25) is 4.79 Å². The zero-order valence-corrected chi connectivity index (χ0v) is 13.9. The van der Waals surface area contributed by atoms with Crippen LogP contribution in [0.4, 0.5) is 17.6 Å². The normalized spacial score (nSPS) is 22.8. The molecule has 1 aromatic carbocycles. The molecule has 1 aromatic rings. The summed E-state index contributed by atoms with van der Waals surface area (Å²) in [4.78, 5) is 11.6. The van der Waals surface area contributed by atoms with Gasteiger partial charge in [-0.2, -0.15) is 22.8 Å². The Hall–Kier alpha value is -2.50. The predicted octanol–water partition coefficient (Wildman–Crippen LogP) is 4.01. The number of nitrogens with zero attached hydrogens (tertiary/aromatic N) is 1. The number of carbonyl (C=O) groups is 1. The van der Waals surface area contributed by atoms with Crippen molar-refractivity contribution in [3.05, 3.63) is 23.8 Å². The Morgan fingerprint density at radius 1 is 1.15 bits per heavy atom. The standard InChI is InChI=1S/C17H17F4NO4/c1-24-14(23)10-4-6-17(9-22,7-5-10)11-2-3-12(25-15(18)19)13(8-11)26-16(20)21/h2-3,8,10,15-16H,4-7H2,1H3. The fraction of sp³-hybridized carbons (Fsp3) is 0.529. The number of hydrogen-bond donors (Lipinski definition) is 0. The Balaban J connectivity index is 2.31. The molecule has 9 heteroatoms. The van der Waals surface area contributed by atoms with E-state index in [0.29, 0.717) is 31.2 Å². The van der Waals surface area contributed by atoms with Crippen LogP contribution < -0.4 is 9.47 Å². The summed E-state index contributed by atoms with van der Waals surface area (Å²) >= 11 is 0. The van der Waals surface area contributed by atoms with Crippen LogP contribution in [0.1, 0.15) is 31.2 Å². The molecule has 0 saturated heterocycles. The number of alkyl halides is 4. The van der Waals surface area contributed by atoms with E-state index < -0.39 is 30.1 Å². The maximum atomic E-state index is 12.6. The predicted molar refractivity (Wildman–Crippen MR) is 81.0 cm³/mol. The largest absolute Gasteiger partial charge is 0.469 e. The van der Waals surface area contributed by atoms with Gasteiger partial charge in [0.1, 0.15) is 0 Å². The van der Waals surface area contributed by atoms with E-state index in [1.807, 2.05) is 0 Å². The van der Waals surface area contributed by atoms with E-state index in [0.717, 1.165) is 12.1 Å². The molecule has 2 rings (SSSR count). The Kier molecular flexibility index (Phi) is 6.29. The molecule has 1 aliphatic carbocycles. The average molecular weight is 375 g/mol. The third kappa shape index (κ3) is 4.36. The zero-order chi connectivity index (χ0) is 19.3. The summed E-state index contributed by atoms with van der Waals surface area (Å²) in [5.74, 6) is -1.80. The number of rotatable bonds is 6. The molecule has 26 heavy (non-hydrogen) atoms. The van der Waals surface area contributed by atoms with Crippen molar-refractivity contribution in [1.29, 1.82) is 5.26 Å². The van der Waals surface area contributed by atoms with Crippen LogP contribution in [0.3, 0.4) is 0 Å². The maximum Gasteiger partial charge on any atom is 0.387 e. The van der Waals surface area contributed by atoms with Crippen molar-refractivity contribution < 1.29 is 36.6 Å². The van der Waals surface area contributed by atoms with Crippen molar-refractivity contribution >= 4 is 5.97 Å². The lowest BCUT2D eigenvalue weighted by Crippen LogP contribution is -2.33. The van der Waals surface area contributed by atoms with Gasteiger partial charge < -0.3 is 14.2 Å². The van der Waals surface area contributed by atoms with Gasteiger partial charge in [0, 0.05) is 0 Å². The summed E-state index contributed by atoms with van der Waals surface area (Å²) in [6, 6.07) is 5.73. The van der Waals surface area contributed by atoms with Gasteiger partial charge in [-0.05, 0) is 43.4 Å². The SMILES string of the molecule is COC(=O)C1CCC(C#N)(c2ccc(OC(F)F)c(OC(F)F)c2)CC1. The van der Waals surface area contributed by atoms with Gasteiger partial charge in [-0.25, -0.2) is 0 Å². The van der Waals surface area contributed by atoms with Crippen molar-refractivity contribution in [3.8, 4) is 17.6 Å². The lowest BCUT2D eigenvalue weighted by molar-refractivity contribution is -0.146. The van der Waals surface area contributed by atoms with Crippen LogP contribution in [0.2, 0.25) is 0 Å². The third-order valence-electron chi connectivity index (χ3n) is 4.52. The van der Waals surface area contributed by atoms with E-state index in [2.05, 4.69) is 15.5 Å². The summed E-state index contributed by atoms with van der Waals surface area (Å²) in [5, 5.41) is 9.66. The number of hydrogen-bond acceptors (Lipinski definition) is 5. The number of esters is 1. The summed E-state index contributed by atoms with van der Waals surface area (Å²) in [6.07, 6.45) is 1.37. The van der Waals surface area contributed by atoms with Crippen LogP contribution in [0.15, 0.2) is 18.2 Å². The first kappa shape index (κ1) is 19.8. The molecule has 142 valence electrons. The molecule has 1 saturated carbocycles. The second kappa shape index (κ2) is 8.25.